The maximum absolute atomic E-state index is 12.0. The second-order valence-electron chi connectivity index (χ2n) is 5.04. The van der Waals surface area contributed by atoms with Gasteiger partial charge in [0.25, 0.3) is 0 Å². The first-order valence-corrected chi connectivity index (χ1v) is 7.10. The van der Waals surface area contributed by atoms with Gasteiger partial charge in [0.1, 0.15) is 5.75 Å². The summed E-state index contributed by atoms with van der Waals surface area (Å²) in [7, 11) is 1.33. The molecule has 2 unspecified atom stereocenters. The van der Waals surface area contributed by atoms with Crippen LogP contribution in [0.4, 0.5) is 5.69 Å². The van der Waals surface area contributed by atoms with Gasteiger partial charge in [0.15, 0.2) is 0 Å². The summed E-state index contributed by atoms with van der Waals surface area (Å²) in [5.74, 6) is 0.113. The van der Waals surface area contributed by atoms with Gasteiger partial charge in [0.05, 0.1) is 32.3 Å². The highest BCUT2D eigenvalue weighted by Gasteiger charge is 2.27. The van der Waals surface area contributed by atoms with Crippen molar-refractivity contribution in [2.75, 3.05) is 25.6 Å². The molecule has 0 spiro atoms. The van der Waals surface area contributed by atoms with E-state index in [1.165, 1.54) is 7.11 Å². The molecule has 0 bridgehead atoms. The zero-order valence-electron chi connectivity index (χ0n) is 12.4. The molecule has 1 aromatic rings. The van der Waals surface area contributed by atoms with Gasteiger partial charge in [-0.2, -0.15) is 0 Å². The molecule has 7 heteroatoms. The van der Waals surface area contributed by atoms with Crippen molar-refractivity contribution in [2.45, 2.75) is 25.0 Å². The van der Waals surface area contributed by atoms with Crippen LogP contribution in [-0.4, -0.2) is 49.4 Å². The van der Waals surface area contributed by atoms with E-state index in [0.29, 0.717) is 24.4 Å². The van der Waals surface area contributed by atoms with Crippen LogP contribution in [0.25, 0.3) is 0 Å². The molecule has 7 nitrogen and oxygen atoms in total. The van der Waals surface area contributed by atoms with E-state index in [2.05, 4.69) is 15.4 Å². The van der Waals surface area contributed by atoms with E-state index in [1.807, 2.05) is 0 Å². The highest BCUT2D eigenvalue weighted by atomic mass is 16.5. The normalized spacial score (nSPS) is 20.5. The number of amides is 1. The summed E-state index contributed by atoms with van der Waals surface area (Å²) in [5, 5.41) is 15.1. The Balaban J connectivity index is 1.79. The van der Waals surface area contributed by atoms with E-state index in [-0.39, 0.29) is 30.9 Å². The molecule has 2 atom stereocenters. The number of esters is 1. The summed E-state index contributed by atoms with van der Waals surface area (Å²) >= 11 is 0. The predicted octanol–water partition coefficient (Wildman–Crippen LogP) is 0.290. The summed E-state index contributed by atoms with van der Waals surface area (Å²) in [5.41, 5.74) is 0.647. The Morgan fingerprint density at radius 2 is 2.09 bits per heavy atom. The molecule has 0 aliphatic carbocycles. The van der Waals surface area contributed by atoms with Crippen LogP contribution < -0.4 is 15.4 Å². The summed E-state index contributed by atoms with van der Waals surface area (Å²) in [6.07, 6.45) is 0.131. The fourth-order valence-electron chi connectivity index (χ4n) is 2.13. The summed E-state index contributed by atoms with van der Waals surface area (Å²) < 4.78 is 9.91. The third kappa shape index (κ3) is 4.71. The lowest BCUT2D eigenvalue weighted by Crippen LogP contribution is -2.35. The molecule has 0 radical (unpaired) electrons. The molecule has 1 aliphatic heterocycles. The van der Waals surface area contributed by atoms with Crippen molar-refractivity contribution in [1.82, 2.24) is 5.32 Å². The first-order chi connectivity index (χ1) is 10.6. The Bertz CT molecular complexity index is 517. The molecular formula is C15H20N2O5. The minimum absolute atomic E-state index is 0.170. The summed E-state index contributed by atoms with van der Waals surface area (Å²) in [6, 6.07) is 6.49. The van der Waals surface area contributed by atoms with Crippen molar-refractivity contribution in [1.29, 1.82) is 0 Å². The third-order valence-corrected chi connectivity index (χ3v) is 3.35. The number of nitrogens with one attached hydrogen (secondary N) is 2. The molecule has 2 rings (SSSR count). The Hall–Kier alpha value is -2.12. The van der Waals surface area contributed by atoms with Gasteiger partial charge < -0.3 is 25.2 Å². The van der Waals surface area contributed by atoms with Crippen LogP contribution in [0.15, 0.2) is 24.3 Å². The van der Waals surface area contributed by atoms with Gasteiger partial charge in [-0.25, -0.2) is 0 Å². The molecule has 1 amide bonds. The van der Waals surface area contributed by atoms with Crippen LogP contribution >= 0.6 is 0 Å². The van der Waals surface area contributed by atoms with Crippen LogP contribution in [-0.2, 0) is 14.3 Å². The molecule has 3 N–H and O–H groups in total. The highest BCUT2D eigenvalue weighted by Crippen LogP contribution is 2.17. The molecule has 1 fully saturated rings. The number of hydrogen-bond acceptors (Lipinski definition) is 6. The number of aliphatic hydroxyl groups is 1. The van der Waals surface area contributed by atoms with E-state index in [1.54, 1.807) is 24.3 Å². The molecule has 0 saturated carbocycles. The maximum Gasteiger partial charge on any atom is 0.308 e. The van der Waals surface area contributed by atoms with E-state index in [9.17, 15) is 14.7 Å². The molecule has 0 aromatic heterocycles. The molecule has 1 heterocycles. The zero-order chi connectivity index (χ0) is 15.9. The summed E-state index contributed by atoms with van der Waals surface area (Å²) in [4.78, 5) is 22.9. The maximum atomic E-state index is 12.0. The first kappa shape index (κ1) is 16.3. The van der Waals surface area contributed by atoms with Crippen molar-refractivity contribution >= 4 is 17.6 Å². The molecule has 22 heavy (non-hydrogen) atoms. The lowest BCUT2D eigenvalue weighted by Gasteiger charge is -2.11. The minimum atomic E-state index is -0.471. The van der Waals surface area contributed by atoms with Crippen molar-refractivity contribution in [3.63, 3.8) is 0 Å². The number of anilines is 1. The van der Waals surface area contributed by atoms with E-state index >= 15 is 0 Å². The van der Waals surface area contributed by atoms with Gasteiger partial charge in [-0.15, -0.1) is 0 Å². The standard InChI is InChI=1S/C15H20N2O5/c1-21-14(19)6-7-22-12-4-2-10(3-5-12)17-15(20)13-8-11(18)9-16-13/h2-5,11,13,16,18H,6-9H2,1H3,(H,17,20). The van der Waals surface area contributed by atoms with E-state index in [0.717, 1.165) is 0 Å². The smallest absolute Gasteiger partial charge is 0.308 e. The quantitative estimate of drug-likeness (QED) is 0.654. The minimum Gasteiger partial charge on any atom is -0.493 e. The highest BCUT2D eigenvalue weighted by molar-refractivity contribution is 5.95. The largest absolute Gasteiger partial charge is 0.493 e. The van der Waals surface area contributed by atoms with Gasteiger partial charge in [0, 0.05) is 12.2 Å². The van der Waals surface area contributed by atoms with Crippen molar-refractivity contribution in [3.05, 3.63) is 24.3 Å². The summed E-state index contributed by atoms with van der Waals surface area (Å²) in [6.45, 7) is 0.674. The van der Waals surface area contributed by atoms with Crippen molar-refractivity contribution in [2.24, 2.45) is 0 Å². The van der Waals surface area contributed by atoms with Crippen molar-refractivity contribution in [3.8, 4) is 5.75 Å². The Kier molecular flexibility index (Phi) is 5.74. The second-order valence-corrected chi connectivity index (χ2v) is 5.04. The number of rotatable bonds is 6. The number of hydrogen-bond donors (Lipinski definition) is 3. The second kappa shape index (κ2) is 7.77. The van der Waals surface area contributed by atoms with E-state index < -0.39 is 6.10 Å². The molecule has 120 valence electrons. The number of carbonyl (C=O) groups excluding carboxylic acids is 2. The SMILES string of the molecule is COC(=O)CCOc1ccc(NC(=O)C2CC(O)CN2)cc1. The third-order valence-electron chi connectivity index (χ3n) is 3.35. The molecular weight excluding hydrogens is 288 g/mol. The van der Waals surface area contributed by atoms with E-state index in [4.69, 9.17) is 4.74 Å². The van der Waals surface area contributed by atoms with Crippen LogP contribution in [0.5, 0.6) is 5.75 Å². The number of methoxy groups -OCH3 is 1. The number of β-amino-alcohol motifs (C(OH)–C–C–N with tert-alkyl or cyclic N) is 1. The topological polar surface area (TPSA) is 96.9 Å². The molecule has 1 saturated heterocycles. The number of carbonyl (C=O) groups is 2. The number of aliphatic hydroxyl groups excluding tert-OH is 1. The average Bonchev–Trinajstić information content (AvgIpc) is 2.95. The van der Waals surface area contributed by atoms with Gasteiger partial charge in [-0.05, 0) is 30.7 Å². The van der Waals surface area contributed by atoms with Gasteiger partial charge >= 0.3 is 5.97 Å². The average molecular weight is 308 g/mol. The number of benzene rings is 1. The van der Waals surface area contributed by atoms with Crippen LogP contribution in [0.3, 0.4) is 0 Å². The Labute approximate surface area is 128 Å². The van der Waals surface area contributed by atoms with Gasteiger partial charge in [-0.3, -0.25) is 9.59 Å². The van der Waals surface area contributed by atoms with Gasteiger partial charge in [0.2, 0.25) is 5.91 Å². The fraction of sp³-hybridized carbons (Fsp3) is 0.467. The molecule has 1 aliphatic rings. The van der Waals surface area contributed by atoms with Crippen LogP contribution in [0, 0.1) is 0 Å². The lowest BCUT2D eigenvalue weighted by atomic mass is 10.2. The Morgan fingerprint density at radius 1 is 1.36 bits per heavy atom. The van der Waals surface area contributed by atoms with Crippen LogP contribution in [0.1, 0.15) is 12.8 Å². The first-order valence-electron chi connectivity index (χ1n) is 7.10. The van der Waals surface area contributed by atoms with Crippen LogP contribution in [0.2, 0.25) is 0 Å². The monoisotopic (exact) mass is 308 g/mol. The molecule has 1 aromatic carbocycles. The number of ether oxygens (including phenoxy) is 2. The predicted molar refractivity (Wildman–Crippen MR) is 79.6 cm³/mol. The fourth-order valence-corrected chi connectivity index (χ4v) is 2.13. The van der Waals surface area contributed by atoms with Crippen molar-refractivity contribution < 1.29 is 24.2 Å². The zero-order valence-corrected chi connectivity index (χ0v) is 12.4. The van der Waals surface area contributed by atoms with Gasteiger partial charge in [-0.1, -0.05) is 0 Å². The Morgan fingerprint density at radius 3 is 2.68 bits per heavy atom. The lowest BCUT2D eigenvalue weighted by molar-refractivity contribution is -0.141.